The van der Waals surface area contributed by atoms with Gasteiger partial charge in [-0.3, -0.25) is 9.05 Å². The second-order valence-electron chi connectivity index (χ2n) is 35.0. The van der Waals surface area contributed by atoms with Crippen molar-refractivity contribution in [2.75, 3.05) is 60.0 Å². The predicted molar refractivity (Wildman–Crippen MR) is 480 cm³/mol. The highest BCUT2D eigenvalue weighted by atomic mass is 31.2. The van der Waals surface area contributed by atoms with Crippen molar-refractivity contribution in [3.8, 4) is 12.3 Å². The number of terminal acetylenes is 1. The molecule has 16 radical (unpaired) electrons. The van der Waals surface area contributed by atoms with Gasteiger partial charge in [-0.25, -0.2) is 22.1 Å². The van der Waals surface area contributed by atoms with Crippen LogP contribution < -0.4 is 0 Å². The van der Waals surface area contributed by atoms with Crippen molar-refractivity contribution < 1.29 is 174 Å². The number of phosphoric ester groups is 1. The van der Waals surface area contributed by atoms with Crippen molar-refractivity contribution >= 4 is 70.6 Å². The third-order valence-corrected chi connectivity index (χ3v) is 22.8. The average Bonchev–Trinajstić information content (AvgIpc) is 1.56. The summed E-state index contributed by atoms with van der Waals surface area (Å²) in [5.41, 5.74) is 10.4. The molecule has 11 aliphatic heterocycles. The van der Waals surface area contributed by atoms with Crippen molar-refractivity contribution in [3.63, 3.8) is 0 Å². The van der Waals surface area contributed by atoms with Crippen LogP contribution in [-0.2, 0) is 75.2 Å². The molecule has 11 saturated heterocycles. The highest BCUT2D eigenvalue weighted by Crippen LogP contribution is 2.62. The number of phosphoric acid groups is 1. The van der Waals surface area contributed by atoms with Crippen LogP contribution in [-0.4, -0.2) is 406 Å². The summed E-state index contributed by atoms with van der Waals surface area (Å²) in [6.45, 7) is 29.4. The van der Waals surface area contributed by atoms with Gasteiger partial charge in [0, 0.05) is 13.2 Å². The van der Waals surface area contributed by atoms with Crippen LogP contribution >= 0.6 is 7.82 Å². The maximum Gasteiger partial charge on any atom is 0.473 e. The van der Waals surface area contributed by atoms with E-state index in [9.17, 15) is 73.0 Å². The molecule has 11 fully saturated rings. The summed E-state index contributed by atoms with van der Waals surface area (Å²) in [5, 5.41) is 141. The van der Waals surface area contributed by atoms with Crippen molar-refractivity contribution in [2.24, 2.45) is 0 Å². The molecule has 0 aliphatic carbocycles. The molecule has 0 bridgehead atoms. The molecular weight excluding hydrogens is 1760 g/mol. The van der Waals surface area contributed by atoms with Gasteiger partial charge in [-0.15, -0.1) is 52.3 Å². The van der Waals surface area contributed by atoms with Crippen molar-refractivity contribution in [1.29, 1.82) is 0 Å². The minimum Gasteiger partial charge on any atom is -0.394 e. The van der Waals surface area contributed by atoms with E-state index in [-0.39, 0.29) is 26.4 Å². The Bertz CT molecular complexity index is 4490. The Morgan fingerprint density at radius 2 is 0.774 bits per heavy atom. The van der Waals surface area contributed by atoms with E-state index in [1.165, 1.54) is 26.2 Å². The molecule has 34 atom stereocenters. The SMILES string of the molecule is [B][C@@H]1O[C@H](CO)[C@@H]2OC(C)(C)OC12C=C=C(C)C.[B][C@@H]1O[C@H](CO)[C@@H]2OC(OC)OC12C=C=C(C)C.[B][C@@H]1O[C@H](CO)[C@@H]2OP(=O)(O)OC12C=C=C(C)C.[B][C@@H]1O[C@H](CO)[C@@](O)(C#C)C1(F)C=C=C(C)C.[B][C@@H]1O[C@H](CO)[C@H](O)C1(F)C=C=C(C)C.[B][C@@H]1O[C@H](CO)[C@H](O)C1(O)C=C=C(C)C.[B][C@@H]1O[C@H](CO)[C@](C)(O)C1(F)C=C=C(C)C.[B][C@]1(F)O[C@H](CO)[C@H](O)C1(O)C=C=C(C)C. The monoisotopic (exact) mass is 1890 g/mol. The zero-order chi connectivity index (χ0) is 102. The Kier molecular flexibility index (Phi) is 44.2. The largest absolute Gasteiger partial charge is 0.473 e. The van der Waals surface area contributed by atoms with E-state index in [0.717, 1.165) is 57.7 Å². The molecule has 0 aromatic carbocycles. The van der Waals surface area contributed by atoms with Gasteiger partial charge in [0.25, 0.3) is 6.48 Å². The Balaban J connectivity index is 0.000000318. The molecule has 0 aromatic rings. The number of alkyl halides is 4. The van der Waals surface area contributed by atoms with E-state index in [0.29, 0.717) is 11.1 Å². The van der Waals surface area contributed by atoms with Gasteiger partial charge < -0.3 is 143 Å². The molecule has 11 rings (SSSR count). The number of aliphatic hydroxyl groups excluding tert-OH is 11. The van der Waals surface area contributed by atoms with E-state index in [1.807, 2.05) is 47.5 Å². The Hall–Kier alpha value is -5.05. The second-order valence-corrected chi connectivity index (χ2v) is 36.3. The lowest BCUT2D eigenvalue weighted by Gasteiger charge is -2.32. The summed E-state index contributed by atoms with van der Waals surface area (Å²) in [4.78, 5) is 9.43. The van der Waals surface area contributed by atoms with Gasteiger partial charge in [0.1, 0.15) is 163 Å². The summed E-state index contributed by atoms with van der Waals surface area (Å²) < 4.78 is 147. The van der Waals surface area contributed by atoms with E-state index >= 15 is 0 Å². The van der Waals surface area contributed by atoms with Gasteiger partial charge >= 0.3 is 7.82 Å². The Labute approximate surface area is 785 Å². The van der Waals surface area contributed by atoms with Crippen molar-refractivity contribution in [3.05, 3.63) is 139 Å². The topological polar surface area (TPSA) is 479 Å². The first-order chi connectivity index (χ1) is 61.3. The zero-order valence-corrected chi connectivity index (χ0v) is 79.2. The zero-order valence-electron chi connectivity index (χ0n) is 78.3. The first-order valence-electron chi connectivity index (χ1n) is 41.9. The molecule has 0 saturated carbocycles. The third kappa shape index (κ3) is 27.4. The summed E-state index contributed by atoms with van der Waals surface area (Å²) in [6.07, 6.45) is 1.89. The van der Waals surface area contributed by atoms with Gasteiger partial charge in [0.15, 0.2) is 53.2 Å². The number of hydrogen-bond acceptors (Lipinski definition) is 31. The molecule has 45 heteroatoms. The van der Waals surface area contributed by atoms with E-state index in [2.05, 4.69) is 50.6 Å². The van der Waals surface area contributed by atoms with Gasteiger partial charge in [-0.05, 0) is 219 Å². The minimum atomic E-state index is -4.19. The first-order valence-corrected chi connectivity index (χ1v) is 43.4. The standard InChI is InChI=1S/C13H19BO4.C12H14BFO3.C12H17BO5.C11H16BFO3.C10H14BFO4.C10H14BFO3.C10H14BO6P.C10H15BO4/c1-8(2)5-6-13-10(17-12(3,4)18-13)9(7-15)16-11(13)14;1-4-12(16)9(7-15)17-10(13)11(12,14)6-5-8(2)3;1-7(2)4-5-12-9(17-11(15-3)18-12)8(6-14)16-10(12)13;1-7(2)4-5-11(13)9(12)16-8(6-14)10(11,3)15;1-6(2)3-4-9(15)8(14)7(5-13)16-10(9,11)12;1-6(2)3-4-10(12)8(14)7(5-13)15-9(10)11;1-6(2)3-4-10-8(16-18(13,14)17-10)7(5-12)15-9(10)11;1-6(2)3-4-10(14)8(13)7(5-12)15-9(10)11/h6,9-11,15H,7H2,1-4H3;1,6,9-10,15-16H,7H2,2-3H3;5,8-11,14H,6H2,1-3H3;5,8-9,14-15H,6H2,1-3H3;4,7-8,13-15H,5H2,1-2H3;4,7-9,13-14H,5H2,1-2H3;4,7-9,12H,5H2,1-2H3,(H,13,14);4,7-9,12-14H,5H2,1-2H3/t9-,10+,11-,13?;9-,10-,11?,12+;8-,9+,10-,11?,12?;8-,9-,10+,11?;7-,8+,9?,10-;3*7-,8+,9-,10?/m11111111/s1. The quantitative estimate of drug-likeness (QED) is 0.0305. The van der Waals surface area contributed by atoms with E-state index in [1.54, 1.807) is 95.2 Å². The van der Waals surface area contributed by atoms with Gasteiger partial charge in [-0.1, -0.05) is 5.92 Å². The van der Waals surface area contributed by atoms with Crippen LogP contribution in [0.25, 0.3) is 0 Å². The molecule has 724 valence electrons. The average molecular weight is 1890 g/mol. The summed E-state index contributed by atoms with van der Waals surface area (Å²) in [6, 6.07) is -7.51. The lowest BCUT2D eigenvalue weighted by molar-refractivity contribution is -0.254. The molecule has 133 heavy (non-hydrogen) atoms. The maximum absolute atomic E-state index is 14.7. The lowest BCUT2D eigenvalue weighted by atomic mass is 9.74. The highest BCUT2D eigenvalue weighted by Gasteiger charge is 2.69. The number of aliphatic hydroxyl groups is 15. The lowest BCUT2D eigenvalue weighted by Crippen LogP contribution is -2.55. The predicted octanol–water partition coefficient (Wildman–Crippen LogP) is 0.259. The van der Waals surface area contributed by atoms with Gasteiger partial charge in [0.05, 0.1) is 94.9 Å². The van der Waals surface area contributed by atoms with Gasteiger partial charge in [0.2, 0.25) is 0 Å². The second kappa shape index (κ2) is 48.9. The highest BCUT2D eigenvalue weighted by molar-refractivity contribution is 7.47. The number of methoxy groups -OCH3 is 1. The van der Waals surface area contributed by atoms with Crippen LogP contribution in [0.4, 0.5) is 17.6 Å². The Morgan fingerprint density at radius 1 is 0.406 bits per heavy atom. The molecule has 0 spiro atoms. The number of fused-ring (bicyclic) bond motifs is 3. The van der Waals surface area contributed by atoms with Crippen molar-refractivity contribution in [1.82, 2.24) is 0 Å². The molecule has 10 unspecified atom stereocenters. The molecule has 32 nitrogen and oxygen atoms in total. The fraction of sp³-hybridized carbons (Fsp3) is 0.705. The third-order valence-electron chi connectivity index (χ3n) is 21.8. The van der Waals surface area contributed by atoms with Crippen LogP contribution in [0.1, 0.15) is 132 Å². The van der Waals surface area contributed by atoms with Crippen molar-refractivity contribution in [2.45, 2.75) is 333 Å². The summed E-state index contributed by atoms with van der Waals surface area (Å²) in [5.74, 6) is -1.79. The smallest absolute Gasteiger partial charge is 0.394 e. The normalized spacial score (nSPS) is 42.1. The van der Waals surface area contributed by atoms with Gasteiger partial charge in [-0.2, -0.15) is 0 Å². The number of hydrogen-bond donors (Lipinski definition) is 16. The maximum atomic E-state index is 14.7. The fourth-order valence-corrected chi connectivity index (χ4v) is 15.5. The van der Waals surface area contributed by atoms with E-state index in [4.69, 9.17) is 166 Å². The minimum absolute atomic E-state index is 0.151. The molecule has 16 N–H and O–H groups in total. The van der Waals surface area contributed by atoms with E-state index < -0.39 is 236 Å². The summed E-state index contributed by atoms with van der Waals surface area (Å²) >= 11 is 0. The number of halogens is 4. The van der Waals surface area contributed by atoms with Crippen LogP contribution in [0, 0.1) is 12.3 Å². The first kappa shape index (κ1) is 120. The molecule has 11 heterocycles. The summed E-state index contributed by atoms with van der Waals surface area (Å²) in [7, 11) is 42.0. The number of ether oxygens (including phenoxy) is 13. The van der Waals surface area contributed by atoms with Crippen LogP contribution in [0.3, 0.4) is 0 Å². The molecular formula is C88H123B8F4O32P. The molecule has 0 aromatic heterocycles. The fourth-order valence-electron chi connectivity index (χ4n) is 14.2. The van der Waals surface area contributed by atoms with Crippen LogP contribution in [0.5, 0.6) is 0 Å². The molecule has 0 amide bonds. The van der Waals surface area contributed by atoms with Crippen LogP contribution in [0.2, 0.25) is 0 Å². The Morgan fingerprint density at radius 3 is 1.20 bits per heavy atom. The molecule has 11 aliphatic rings. The number of rotatable bonds is 17. The van der Waals surface area contributed by atoms with Crippen LogP contribution in [0.15, 0.2) is 139 Å².